The van der Waals surface area contributed by atoms with E-state index in [1.807, 2.05) is 24.3 Å². The second-order valence-corrected chi connectivity index (χ2v) is 10.1. The van der Waals surface area contributed by atoms with Gasteiger partial charge in [-0.15, -0.1) is 0 Å². The zero-order chi connectivity index (χ0) is 26.1. The van der Waals surface area contributed by atoms with Crippen LogP contribution in [0.4, 0.5) is 0 Å². The number of likely N-dealkylation sites (tertiary alicyclic amines) is 1. The Labute approximate surface area is 223 Å². The van der Waals surface area contributed by atoms with Gasteiger partial charge in [0.05, 0.1) is 18.7 Å². The lowest BCUT2D eigenvalue weighted by Gasteiger charge is -2.27. The first-order valence-corrected chi connectivity index (χ1v) is 13.6. The summed E-state index contributed by atoms with van der Waals surface area (Å²) in [7, 11) is 1.58. The Bertz CT molecular complexity index is 1060. The van der Waals surface area contributed by atoms with E-state index in [4.69, 9.17) is 4.74 Å². The predicted molar refractivity (Wildman–Crippen MR) is 147 cm³/mol. The van der Waals surface area contributed by atoms with Gasteiger partial charge in [0.1, 0.15) is 11.5 Å². The molecule has 1 saturated heterocycles. The van der Waals surface area contributed by atoms with Crippen molar-refractivity contribution in [2.45, 2.75) is 52.0 Å². The molecule has 3 rings (SSSR count). The predicted octanol–water partition coefficient (Wildman–Crippen LogP) is 6.17. The first-order chi connectivity index (χ1) is 17.4. The number of aliphatic hydroxyl groups is 1. The Kier molecular flexibility index (Phi) is 10.6. The largest absolute Gasteiger partial charge is 0.507 e. The minimum atomic E-state index is -0.677. The molecule has 0 saturated carbocycles. The van der Waals surface area contributed by atoms with Crippen LogP contribution in [0.3, 0.4) is 0 Å². The van der Waals surface area contributed by atoms with Crippen molar-refractivity contribution in [3.05, 3.63) is 69.7 Å². The molecule has 6 nitrogen and oxygen atoms in total. The number of aliphatic hydroxyl groups excluding tert-OH is 1. The molecule has 0 aromatic heterocycles. The van der Waals surface area contributed by atoms with Crippen molar-refractivity contribution in [2.75, 3.05) is 33.3 Å². The summed E-state index contributed by atoms with van der Waals surface area (Å²) in [6.07, 6.45) is 5.32. The molecule has 1 N–H and O–H groups in total. The molecule has 1 amide bonds. The number of Topliss-reactive ketones (excluding diaryl/α,β-unsaturated/α-hetero) is 1. The standard InChI is InChI=1S/C29H37BrN2O4/c1-4-6-16-31(17-7-5-2)18-9-19-32-26(22-10-8-11-24(20-22)36-3)25(28(34)29(32)35)27(33)21-12-14-23(30)15-13-21/h8,10-15,20,26,33H,4-7,9,16-19H2,1-3H3/t26-/m1/s1. The summed E-state index contributed by atoms with van der Waals surface area (Å²) in [4.78, 5) is 30.6. The summed E-state index contributed by atoms with van der Waals surface area (Å²) in [6.45, 7) is 7.75. The smallest absolute Gasteiger partial charge is 0.295 e. The molecule has 0 radical (unpaired) electrons. The van der Waals surface area contributed by atoms with Crippen molar-refractivity contribution in [3.63, 3.8) is 0 Å². The number of carbonyl (C=O) groups excluding carboxylic acids is 2. The molecule has 36 heavy (non-hydrogen) atoms. The molecule has 2 aromatic rings. The summed E-state index contributed by atoms with van der Waals surface area (Å²) in [5, 5.41) is 11.2. The van der Waals surface area contributed by atoms with E-state index < -0.39 is 17.7 Å². The number of ether oxygens (including phenoxy) is 1. The van der Waals surface area contributed by atoms with Crippen LogP contribution in [-0.2, 0) is 9.59 Å². The number of benzene rings is 2. The van der Waals surface area contributed by atoms with E-state index in [9.17, 15) is 14.7 Å². The number of unbranched alkanes of at least 4 members (excludes halogenated alkanes) is 2. The summed E-state index contributed by atoms with van der Waals surface area (Å²) < 4.78 is 6.27. The summed E-state index contributed by atoms with van der Waals surface area (Å²) in [5.41, 5.74) is 1.35. The number of ketones is 1. The second kappa shape index (κ2) is 13.6. The van der Waals surface area contributed by atoms with Gasteiger partial charge in [-0.2, -0.15) is 0 Å². The van der Waals surface area contributed by atoms with Crippen LogP contribution >= 0.6 is 15.9 Å². The van der Waals surface area contributed by atoms with Crippen molar-refractivity contribution in [2.24, 2.45) is 0 Å². The van der Waals surface area contributed by atoms with Gasteiger partial charge in [0.2, 0.25) is 0 Å². The highest BCUT2D eigenvalue weighted by atomic mass is 79.9. The van der Waals surface area contributed by atoms with E-state index in [2.05, 4.69) is 34.7 Å². The monoisotopic (exact) mass is 556 g/mol. The number of halogens is 1. The number of hydrogen-bond acceptors (Lipinski definition) is 5. The van der Waals surface area contributed by atoms with Crippen LogP contribution in [0, 0.1) is 0 Å². The molecule has 0 aliphatic carbocycles. The third-order valence-corrected chi connectivity index (χ3v) is 7.12. The minimum Gasteiger partial charge on any atom is -0.507 e. The summed E-state index contributed by atoms with van der Waals surface area (Å²) in [5.74, 6) is -0.761. The molecule has 194 valence electrons. The van der Waals surface area contributed by atoms with Crippen LogP contribution in [0.25, 0.3) is 5.76 Å². The van der Waals surface area contributed by atoms with Crippen molar-refractivity contribution in [1.29, 1.82) is 0 Å². The molecule has 1 heterocycles. The molecule has 0 spiro atoms. The van der Waals surface area contributed by atoms with Gasteiger partial charge in [0, 0.05) is 16.6 Å². The van der Waals surface area contributed by atoms with Crippen molar-refractivity contribution in [3.8, 4) is 5.75 Å². The molecule has 1 fully saturated rings. The van der Waals surface area contributed by atoms with E-state index in [0.717, 1.165) is 61.8 Å². The van der Waals surface area contributed by atoms with Crippen molar-refractivity contribution in [1.82, 2.24) is 9.80 Å². The topological polar surface area (TPSA) is 70.1 Å². The lowest BCUT2D eigenvalue weighted by molar-refractivity contribution is -0.140. The van der Waals surface area contributed by atoms with E-state index in [0.29, 0.717) is 17.9 Å². The highest BCUT2D eigenvalue weighted by Gasteiger charge is 2.45. The fourth-order valence-electron chi connectivity index (χ4n) is 4.60. The number of carbonyl (C=O) groups is 2. The Morgan fingerprint density at radius 1 is 1.00 bits per heavy atom. The fraction of sp³-hybridized carbons (Fsp3) is 0.448. The number of methoxy groups -OCH3 is 1. The number of nitrogens with zero attached hydrogens (tertiary/aromatic N) is 2. The Balaban J connectivity index is 1.93. The van der Waals surface area contributed by atoms with Crippen LogP contribution in [0.2, 0.25) is 0 Å². The minimum absolute atomic E-state index is 0.115. The molecular weight excluding hydrogens is 520 g/mol. The zero-order valence-corrected chi connectivity index (χ0v) is 23.1. The number of amides is 1. The van der Waals surface area contributed by atoms with Crippen LogP contribution < -0.4 is 4.74 Å². The maximum Gasteiger partial charge on any atom is 0.295 e. The second-order valence-electron chi connectivity index (χ2n) is 9.18. The normalized spacial score (nSPS) is 17.2. The molecular formula is C29H37BrN2O4. The van der Waals surface area contributed by atoms with Gasteiger partial charge in [0.25, 0.3) is 11.7 Å². The van der Waals surface area contributed by atoms with E-state index in [1.54, 1.807) is 36.3 Å². The Morgan fingerprint density at radius 3 is 2.25 bits per heavy atom. The van der Waals surface area contributed by atoms with E-state index in [1.165, 1.54) is 0 Å². The van der Waals surface area contributed by atoms with Gasteiger partial charge in [-0.3, -0.25) is 9.59 Å². The van der Waals surface area contributed by atoms with Crippen LogP contribution in [0.1, 0.15) is 63.1 Å². The number of rotatable bonds is 13. The fourth-order valence-corrected chi connectivity index (χ4v) is 4.86. The number of hydrogen-bond donors (Lipinski definition) is 1. The lowest BCUT2D eigenvalue weighted by Crippen LogP contribution is -2.34. The molecule has 2 aromatic carbocycles. The van der Waals surface area contributed by atoms with Gasteiger partial charge in [0.15, 0.2) is 0 Å². The first kappa shape index (κ1) is 27.9. The van der Waals surface area contributed by atoms with Crippen molar-refractivity contribution >= 4 is 33.4 Å². The van der Waals surface area contributed by atoms with Gasteiger partial charge < -0.3 is 19.6 Å². The zero-order valence-electron chi connectivity index (χ0n) is 21.5. The highest BCUT2D eigenvalue weighted by Crippen LogP contribution is 2.40. The Hall–Kier alpha value is -2.64. The van der Waals surface area contributed by atoms with Gasteiger partial charge in [-0.1, -0.05) is 66.9 Å². The SMILES string of the molecule is CCCCN(CCCC)CCCN1C(=O)C(=O)C(=C(O)c2ccc(Br)cc2)[C@H]1c1cccc(OC)c1. The van der Waals surface area contributed by atoms with Gasteiger partial charge >= 0.3 is 0 Å². The average molecular weight is 558 g/mol. The molecule has 7 heteroatoms. The van der Waals surface area contributed by atoms with Crippen LogP contribution in [0.5, 0.6) is 5.75 Å². The maximum absolute atomic E-state index is 13.3. The Morgan fingerprint density at radius 2 is 1.64 bits per heavy atom. The third kappa shape index (κ3) is 6.77. The third-order valence-electron chi connectivity index (χ3n) is 6.60. The summed E-state index contributed by atoms with van der Waals surface area (Å²) in [6, 6.07) is 13.7. The quantitative estimate of drug-likeness (QED) is 0.181. The average Bonchev–Trinajstić information content (AvgIpc) is 3.15. The van der Waals surface area contributed by atoms with Gasteiger partial charge in [-0.25, -0.2) is 0 Å². The molecule has 0 bridgehead atoms. The van der Waals surface area contributed by atoms with Crippen LogP contribution in [0.15, 0.2) is 58.6 Å². The lowest BCUT2D eigenvalue weighted by atomic mass is 9.95. The van der Waals surface area contributed by atoms with E-state index in [-0.39, 0.29) is 11.3 Å². The molecule has 1 aliphatic heterocycles. The summed E-state index contributed by atoms with van der Waals surface area (Å²) >= 11 is 3.40. The first-order valence-electron chi connectivity index (χ1n) is 12.8. The molecule has 1 aliphatic rings. The van der Waals surface area contributed by atoms with Gasteiger partial charge in [-0.05, 0) is 68.7 Å². The molecule has 0 unspecified atom stereocenters. The molecule has 1 atom stereocenters. The van der Waals surface area contributed by atoms with E-state index >= 15 is 0 Å². The highest BCUT2D eigenvalue weighted by molar-refractivity contribution is 9.10. The van der Waals surface area contributed by atoms with Crippen LogP contribution in [-0.4, -0.2) is 59.9 Å². The van der Waals surface area contributed by atoms with Crippen molar-refractivity contribution < 1.29 is 19.4 Å². The maximum atomic E-state index is 13.3.